The van der Waals surface area contributed by atoms with Crippen molar-refractivity contribution in [1.29, 1.82) is 0 Å². The highest BCUT2D eigenvalue weighted by Crippen LogP contribution is 2.27. The summed E-state index contributed by atoms with van der Waals surface area (Å²) in [6, 6.07) is 4.67. The molecule has 0 spiro atoms. The number of sulfonamides is 1. The third kappa shape index (κ3) is 2.97. The van der Waals surface area contributed by atoms with E-state index in [0.717, 1.165) is 0 Å². The predicted molar refractivity (Wildman–Crippen MR) is 76.9 cm³/mol. The molecule has 1 amide bonds. The van der Waals surface area contributed by atoms with Gasteiger partial charge in [0.15, 0.2) is 0 Å². The number of piperidine rings is 1. The molecule has 1 aliphatic rings. The highest BCUT2D eigenvalue weighted by molar-refractivity contribution is 7.89. The van der Waals surface area contributed by atoms with E-state index in [4.69, 9.17) is 17.3 Å². The summed E-state index contributed by atoms with van der Waals surface area (Å²) in [5.41, 5.74) is 5.88. The molecule has 1 aromatic carbocycles. The fourth-order valence-corrected chi connectivity index (χ4v) is 4.39. The van der Waals surface area contributed by atoms with Gasteiger partial charge in [-0.2, -0.15) is 4.31 Å². The summed E-state index contributed by atoms with van der Waals surface area (Å²) >= 11 is 5.85. The lowest BCUT2D eigenvalue weighted by Crippen LogP contribution is -2.44. The van der Waals surface area contributed by atoms with E-state index >= 15 is 0 Å². The number of nitrogens with two attached hydrogens (primary N) is 1. The zero-order valence-electron chi connectivity index (χ0n) is 11.2. The second-order valence-electron chi connectivity index (χ2n) is 5.01. The van der Waals surface area contributed by atoms with Crippen LogP contribution in [-0.2, 0) is 14.8 Å². The van der Waals surface area contributed by atoms with Gasteiger partial charge in [0.1, 0.15) is 0 Å². The molecule has 110 valence electrons. The molecule has 1 aliphatic heterocycles. The Hall–Kier alpha value is -1.11. The number of carbonyl (C=O) groups is 1. The van der Waals surface area contributed by atoms with Crippen LogP contribution in [-0.4, -0.2) is 31.7 Å². The Morgan fingerprint density at radius 2 is 2.15 bits per heavy atom. The quantitative estimate of drug-likeness (QED) is 0.918. The van der Waals surface area contributed by atoms with E-state index in [9.17, 15) is 13.2 Å². The Bertz CT molecular complexity index is 631. The molecule has 1 saturated heterocycles. The largest absolute Gasteiger partial charge is 0.369 e. The number of halogens is 1. The second-order valence-corrected chi connectivity index (χ2v) is 7.36. The molecule has 0 radical (unpaired) electrons. The molecule has 0 aliphatic carbocycles. The molecule has 2 N–H and O–H groups in total. The lowest BCUT2D eigenvalue weighted by atomic mass is 9.99. The number of rotatable bonds is 3. The van der Waals surface area contributed by atoms with E-state index < -0.39 is 21.8 Å². The van der Waals surface area contributed by atoms with E-state index in [1.165, 1.54) is 10.4 Å². The highest BCUT2D eigenvalue weighted by Gasteiger charge is 2.33. The molecule has 0 unspecified atom stereocenters. The smallest absolute Gasteiger partial charge is 0.243 e. The van der Waals surface area contributed by atoms with Crippen LogP contribution in [0.25, 0.3) is 0 Å². The first-order chi connectivity index (χ1) is 9.32. The molecular weight excluding hydrogens is 300 g/mol. The third-order valence-electron chi connectivity index (χ3n) is 3.54. The molecule has 1 aromatic rings. The van der Waals surface area contributed by atoms with Gasteiger partial charge in [-0.25, -0.2) is 8.42 Å². The van der Waals surface area contributed by atoms with Crippen LogP contribution in [0.1, 0.15) is 18.4 Å². The van der Waals surface area contributed by atoms with Crippen molar-refractivity contribution in [3.05, 3.63) is 28.8 Å². The number of nitrogens with zero attached hydrogens (tertiary/aromatic N) is 1. The van der Waals surface area contributed by atoms with E-state index in [1.807, 2.05) is 0 Å². The fraction of sp³-hybridized carbons (Fsp3) is 0.462. The summed E-state index contributed by atoms with van der Waals surface area (Å²) in [6.07, 6.45) is 1.28. The summed E-state index contributed by atoms with van der Waals surface area (Å²) in [5.74, 6) is -0.858. The Morgan fingerprint density at radius 1 is 1.45 bits per heavy atom. The molecule has 20 heavy (non-hydrogen) atoms. The van der Waals surface area contributed by atoms with E-state index in [0.29, 0.717) is 30.0 Å². The molecule has 0 aromatic heterocycles. The van der Waals surface area contributed by atoms with Crippen LogP contribution in [0, 0.1) is 12.8 Å². The lowest BCUT2D eigenvalue weighted by Gasteiger charge is -2.30. The van der Waals surface area contributed by atoms with Gasteiger partial charge in [0.2, 0.25) is 15.9 Å². The Kier molecular flexibility index (Phi) is 4.36. The van der Waals surface area contributed by atoms with Gasteiger partial charge in [-0.05, 0) is 43.5 Å². The van der Waals surface area contributed by atoms with Gasteiger partial charge in [-0.1, -0.05) is 11.6 Å². The molecule has 1 heterocycles. The Morgan fingerprint density at radius 3 is 2.75 bits per heavy atom. The van der Waals surface area contributed by atoms with E-state index in [-0.39, 0.29) is 11.4 Å². The van der Waals surface area contributed by atoms with Crippen molar-refractivity contribution >= 4 is 27.5 Å². The van der Waals surface area contributed by atoms with Crippen molar-refractivity contribution in [3.63, 3.8) is 0 Å². The summed E-state index contributed by atoms with van der Waals surface area (Å²) < 4.78 is 26.6. The van der Waals surface area contributed by atoms with Gasteiger partial charge in [-0.3, -0.25) is 4.79 Å². The first-order valence-electron chi connectivity index (χ1n) is 6.38. The lowest BCUT2D eigenvalue weighted by molar-refractivity contribution is -0.122. The van der Waals surface area contributed by atoms with Gasteiger partial charge in [-0.15, -0.1) is 0 Å². The summed E-state index contributed by atoms with van der Waals surface area (Å²) in [7, 11) is -3.61. The number of carbonyl (C=O) groups excluding carboxylic acids is 1. The van der Waals surface area contributed by atoms with Gasteiger partial charge in [0, 0.05) is 18.1 Å². The number of hydrogen-bond acceptors (Lipinski definition) is 3. The summed E-state index contributed by atoms with van der Waals surface area (Å²) in [4.78, 5) is 11.5. The van der Waals surface area contributed by atoms with Gasteiger partial charge in [0.05, 0.1) is 10.8 Å². The number of primary amides is 1. The van der Waals surface area contributed by atoms with Crippen molar-refractivity contribution in [2.75, 3.05) is 13.1 Å². The third-order valence-corrected chi connectivity index (χ3v) is 5.80. The maximum absolute atomic E-state index is 12.6. The van der Waals surface area contributed by atoms with Crippen LogP contribution in [0.15, 0.2) is 23.1 Å². The second kappa shape index (κ2) is 5.71. The molecule has 2 rings (SSSR count). The summed E-state index contributed by atoms with van der Waals surface area (Å²) in [6.45, 7) is 2.27. The van der Waals surface area contributed by atoms with E-state index in [1.54, 1.807) is 19.1 Å². The van der Waals surface area contributed by atoms with Crippen LogP contribution in [0.2, 0.25) is 5.02 Å². The van der Waals surface area contributed by atoms with Crippen LogP contribution >= 0.6 is 11.6 Å². The fourth-order valence-electron chi connectivity index (χ4n) is 2.43. The number of benzene rings is 1. The van der Waals surface area contributed by atoms with Gasteiger partial charge >= 0.3 is 0 Å². The first kappa shape index (κ1) is 15.3. The molecule has 7 heteroatoms. The number of amides is 1. The molecule has 5 nitrogen and oxygen atoms in total. The standard InChI is InChI=1S/C13H17ClN2O3S/c1-9-7-11(14)4-5-12(9)20(18,19)16-6-2-3-10(8-16)13(15)17/h4-5,7,10H,2-3,6,8H2,1H3,(H2,15,17)/t10-/m1/s1. The monoisotopic (exact) mass is 316 g/mol. The van der Waals surface area contributed by atoms with Crippen LogP contribution in [0.3, 0.4) is 0 Å². The highest BCUT2D eigenvalue weighted by atomic mass is 35.5. The van der Waals surface area contributed by atoms with Crippen LogP contribution < -0.4 is 5.73 Å². The Labute approximate surface area is 123 Å². The average molecular weight is 317 g/mol. The SMILES string of the molecule is Cc1cc(Cl)ccc1S(=O)(=O)N1CCC[C@@H](C(N)=O)C1. The molecule has 0 bridgehead atoms. The zero-order chi connectivity index (χ0) is 14.9. The van der Waals surface area contributed by atoms with Crippen molar-refractivity contribution in [3.8, 4) is 0 Å². The Balaban J connectivity index is 2.32. The van der Waals surface area contributed by atoms with Gasteiger partial charge < -0.3 is 5.73 Å². The topological polar surface area (TPSA) is 80.5 Å². The maximum Gasteiger partial charge on any atom is 0.243 e. The van der Waals surface area contributed by atoms with Crippen molar-refractivity contribution in [1.82, 2.24) is 4.31 Å². The molecule has 0 saturated carbocycles. The number of hydrogen-bond donors (Lipinski definition) is 1. The molecular formula is C13H17ClN2O3S. The van der Waals surface area contributed by atoms with Gasteiger partial charge in [0.25, 0.3) is 0 Å². The van der Waals surface area contributed by atoms with Crippen molar-refractivity contribution in [2.24, 2.45) is 11.7 Å². The first-order valence-corrected chi connectivity index (χ1v) is 8.20. The normalized spacial score (nSPS) is 20.8. The zero-order valence-corrected chi connectivity index (χ0v) is 12.7. The minimum atomic E-state index is -3.61. The predicted octanol–water partition coefficient (Wildman–Crippen LogP) is 1.53. The maximum atomic E-state index is 12.6. The van der Waals surface area contributed by atoms with Crippen molar-refractivity contribution < 1.29 is 13.2 Å². The molecule has 1 atom stereocenters. The van der Waals surface area contributed by atoms with E-state index in [2.05, 4.69) is 0 Å². The minimum absolute atomic E-state index is 0.153. The van der Waals surface area contributed by atoms with Crippen LogP contribution in [0.5, 0.6) is 0 Å². The average Bonchev–Trinajstić information content (AvgIpc) is 2.38. The van der Waals surface area contributed by atoms with Crippen LogP contribution in [0.4, 0.5) is 0 Å². The van der Waals surface area contributed by atoms with Crippen molar-refractivity contribution in [2.45, 2.75) is 24.7 Å². The number of aryl methyl sites for hydroxylation is 1. The molecule has 1 fully saturated rings. The summed E-state index contributed by atoms with van der Waals surface area (Å²) in [5, 5.41) is 0.495. The minimum Gasteiger partial charge on any atom is -0.369 e.